The molecule has 0 saturated carbocycles. The number of hydrogen-bond acceptors (Lipinski definition) is 3. The van der Waals surface area contributed by atoms with Crippen LogP contribution in [0.4, 0.5) is 0 Å². The fraction of sp³-hybridized carbons (Fsp3) is 0.500. The van der Waals surface area contributed by atoms with E-state index in [2.05, 4.69) is 5.32 Å². The van der Waals surface area contributed by atoms with Gasteiger partial charge in [-0.2, -0.15) is 17.0 Å². The molecular formula is C12H18ClN3O2S. The van der Waals surface area contributed by atoms with Crippen LogP contribution in [0.25, 0.3) is 0 Å². The molecular weight excluding hydrogens is 286 g/mol. The largest absolute Gasteiger partial charge is 0.313 e. The summed E-state index contributed by atoms with van der Waals surface area (Å²) in [5.41, 5.74) is 0.835. The molecule has 19 heavy (non-hydrogen) atoms. The lowest BCUT2D eigenvalue weighted by Crippen LogP contribution is -2.51. The zero-order chi connectivity index (χ0) is 14.0. The summed E-state index contributed by atoms with van der Waals surface area (Å²) in [5, 5.41) is 3.81. The summed E-state index contributed by atoms with van der Waals surface area (Å²) in [6.45, 7) is 1.65. The highest BCUT2D eigenvalue weighted by Crippen LogP contribution is 2.30. The second kappa shape index (κ2) is 5.76. The molecule has 1 N–H and O–H groups in total. The minimum Gasteiger partial charge on any atom is -0.313 e. The van der Waals surface area contributed by atoms with Crippen LogP contribution in [0.5, 0.6) is 0 Å². The number of nitrogens with one attached hydrogen (secondary N) is 1. The van der Waals surface area contributed by atoms with E-state index in [1.807, 2.05) is 18.2 Å². The third kappa shape index (κ3) is 2.93. The van der Waals surface area contributed by atoms with Crippen molar-refractivity contribution in [2.45, 2.75) is 6.04 Å². The zero-order valence-corrected chi connectivity index (χ0v) is 12.6. The topological polar surface area (TPSA) is 52.7 Å². The Balaban J connectivity index is 2.40. The number of halogens is 1. The van der Waals surface area contributed by atoms with Crippen molar-refractivity contribution in [1.29, 1.82) is 0 Å². The molecule has 106 valence electrons. The number of benzene rings is 1. The maximum Gasteiger partial charge on any atom is 0.282 e. The molecule has 0 aromatic heterocycles. The monoisotopic (exact) mass is 303 g/mol. The van der Waals surface area contributed by atoms with Gasteiger partial charge >= 0.3 is 0 Å². The summed E-state index contributed by atoms with van der Waals surface area (Å²) in [6.07, 6.45) is 0. The Labute approximate surface area is 119 Å². The van der Waals surface area contributed by atoms with Gasteiger partial charge in [0.25, 0.3) is 10.2 Å². The van der Waals surface area contributed by atoms with Crippen molar-refractivity contribution >= 4 is 21.8 Å². The number of nitrogens with zero attached hydrogens (tertiary/aromatic N) is 2. The summed E-state index contributed by atoms with van der Waals surface area (Å²) in [7, 11) is -0.361. The van der Waals surface area contributed by atoms with Crippen molar-refractivity contribution in [1.82, 2.24) is 13.9 Å². The average molecular weight is 304 g/mol. The van der Waals surface area contributed by atoms with Crippen LogP contribution in [-0.4, -0.2) is 50.8 Å². The van der Waals surface area contributed by atoms with Crippen molar-refractivity contribution in [3.63, 3.8) is 0 Å². The van der Waals surface area contributed by atoms with Gasteiger partial charge in [-0.25, -0.2) is 0 Å². The van der Waals surface area contributed by atoms with Gasteiger partial charge < -0.3 is 5.32 Å². The molecule has 0 spiro atoms. The molecule has 1 aromatic rings. The lowest BCUT2D eigenvalue weighted by molar-refractivity contribution is 0.257. The van der Waals surface area contributed by atoms with Crippen LogP contribution in [0.1, 0.15) is 11.6 Å². The molecule has 1 aliphatic heterocycles. The zero-order valence-electron chi connectivity index (χ0n) is 11.0. The van der Waals surface area contributed by atoms with E-state index in [4.69, 9.17) is 11.6 Å². The average Bonchev–Trinajstić information content (AvgIpc) is 2.39. The van der Waals surface area contributed by atoms with E-state index in [0.717, 1.165) is 5.56 Å². The highest BCUT2D eigenvalue weighted by Gasteiger charge is 2.35. The molecule has 5 nitrogen and oxygen atoms in total. The van der Waals surface area contributed by atoms with Gasteiger partial charge in [-0.1, -0.05) is 29.8 Å². The van der Waals surface area contributed by atoms with Crippen LogP contribution in [0, 0.1) is 0 Å². The summed E-state index contributed by atoms with van der Waals surface area (Å²) in [6, 6.07) is 7.10. The van der Waals surface area contributed by atoms with E-state index < -0.39 is 10.2 Å². The third-order valence-corrected chi connectivity index (χ3v) is 5.51. The van der Waals surface area contributed by atoms with Crippen molar-refractivity contribution in [2.24, 2.45) is 0 Å². The molecule has 1 aromatic carbocycles. The van der Waals surface area contributed by atoms with E-state index in [1.165, 1.54) is 8.61 Å². The van der Waals surface area contributed by atoms with Crippen LogP contribution in [0.3, 0.4) is 0 Å². The molecule has 2 rings (SSSR count). The standard InChI is InChI=1S/C12H18ClN3O2S/c1-15(2)19(17,18)16-8-7-14-9-12(16)10-5-3-4-6-11(10)13/h3-6,12,14H,7-9H2,1-2H3. The SMILES string of the molecule is CN(C)S(=O)(=O)N1CCNCC1c1ccccc1Cl. The molecule has 0 bridgehead atoms. The quantitative estimate of drug-likeness (QED) is 0.909. The highest BCUT2D eigenvalue weighted by atomic mass is 35.5. The van der Waals surface area contributed by atoms with Gasteiger partial charge in [-0.05, 0) is 11.6 Å². The van der Waals surface area contributed by atoms with Gasteiger partial charge in [0.15, 0.2) is 0 Å². The molecule has 0 amide bonds. The fourth-order valence-corrected chi connectivity index (χ4v) is 3.69. The van der Waals surface area contributed by atoms with E-state index >= 15 is 0 Å². The van der Waals surface area contributed by atoms with E-state index in [1.54, 1.807) is 20.2 Å². The van der Waals surface area contributed by atoms with Crippen LogP contribution in [0.2, 0.25) is 5.02 Å². The molecule has 0 aliphatic carbocycles. The Morgan fingerprint density at radius 1 is 1.37 bits per heavy atom. The molecule has 1 heterocycles. The summed E-state index contributed by atoms with van der Waals surface area (Å²) < 4.78 is 27.5. The molecule has 1 unspecified atom stereocenters. The second-order valence-electron chi connectivity index (χ2n) is 4.64. The van der Waals surface area contributed by atoms with Crippen molar-refractivity contribution in [2.75, 3.05) is 33.7 Å². The molecule has 1 atom stereocenters. The molecule has 7 heteroatoms. The van der Waals surface area contributed by atoms with E-state index in [0.29, 0.717) is 24.7 Å². The minimum atomic E-state index is -3.45. The van der Waals surface area contributed by atoms with Gasteiger partial charge in [0.1, 0.15) is 0 Å². The Morgan fingerprint density at radius 3 is 2.68 bits per heavy atom. The van der Waals surface area contributed by atoms with Crippen LogP contribution < -0.4 is 5.32 Å². The molecule has 1 fully saturated rings. The lowest BCUT2D eigenvalue weighted by Gasteiger charge is -2.37. The molecule has 0 radical (unpaired) electrons. The Bertz CT molecular complexity index is 548. The molecule has 1 aliphatic rings. The first-order valence-corrected chi connectivity index (χ1v) is 7.86. The Morgan fingerprint density at radius 2 is 2.05 bits per heavy atom. The van der Waals surface area contributed by atoms with Gasteiger partial charge in [0.05, 0.1) is 6.04 Å². The number of piperazine rings is 1. The smallest absolute Gasteiger partial charge is 0.282 e. The van der Waals surface area contributed by atoms with E-state index in [-0.39, 0.29) is 6.04 Å². The highest BCUT2D eigenvalue weighted by molar-refractivity contribution is 7.86. The fourth-order valence-electron chi connectivity index (χ4n) is 2.18. The van der Waals surface area contributed by atoms with Gasteiger partial charge in [-0.3, -0.25) is 0 Å². The first kappa shape index (κ1) is 14.7. The van der Waals surface area contributed by atoms with Crippen LogP contribution in [0.15, 0.2) is 24.3 Å². The maximum absolute atomic E-state index is 12.4. The number of hydrogen-bond donors (Lipinski definition) is 1. The summed E-state index contributed by atoms with van der Waals surface area (Å²) in [5.74, 6) is 0. The van der Waals surface area contributed by atoms with Gasteiger partial charge in [0.2, 0.25) is 0 Å². The van der Waals surface area contributed by atoms with Crippen molar-refractivity contribution in [3.8, 4) is 0 Å². The molecule has 1 saturated heterocycles. The Hall–Kier alpha value is -0.660. The van der Waals surface area contributed by atoms with Crippen LogP contribution in [-0.2, 0) is 10.2 Å². The minimum absolute atomic E-state index is 0.269. The number of rotatable bonds is 3. The van der Waals surface area contributed by atoms with Crippen molar-refractivity contribution in [3.05, 3.63) is 34.9 Å². The maximum atomic E-state index is 12.4. The summed E-state index contributed by atoms with van der Waals surface area (Å²) >= 11 is 6.19. The third-order valence-electron chi connectivity index (χ3n) is 3.22. The van der Waals surface area contributed by atoms with Gasteiger partial charge in [0, 0.05) is 38.8 Å². The summed E-state index contributed by atoms with van der Waals surface area (Å²) in [4.78, 5) is 0. The van der Waals surface area contributed by atoms with Gasteiger partial charge in [-0.15, -0.1) is 0 Å². The van der Waals surface area contributed by atoms with E-state index in [9.17, 15) is 8.42 Å². The lowest BCUT2D eigenvalue weighted by atomic mass is 10.1. The predicted octanol–water partition coefficient (Wildman–Crippen LogP) is 1.09. The second-order valence-corrected chi connectivity index (χ2v) is 7.14. The Kier molecular flexibility index (Phi) is 4.47. The predicted molar refractivity (Wildman–Crippen MR) is 76.4 cm³/mol. The first-order chi connectivity index (χ1) is 8.94. The first-order valence-electron chi connectivity index (χ1n) is 6.09. The normalized spacial score (nSPS) is 21.8. The van der Waals surface area contributed by atoms with Crippen LogP contribution >= 0.6 is 11.6 Å². The van der Waals surface area contributed by atoms with Crippen molar-refractivity contribution < 1.29 is 8.42 Å².